The normalized spacial score (nSPS) is 16.4. The standard InChI is InChI=1S/C21H26N6O/c1-13-18(5-4-8-22-13)14(2)24-21-19-11-16(27-9-6-17(28)7-10-27)12-23-20(19)15(3)25-26-21/h4-5,8,11-12,14,17,28H,6-7,9-10H2,1-3H3,(H,24,26)/t14-/m1/s1. The number of aliphatic hydroxyl groups is 1. The van der Waals surface area contributed by atoms with Gasteiger partial charge in [-0.15, -0.1) is 5.10 Å². The number of piperidine rings is 1. The lowest BCUT2D eigenvalue weighted by Crippen LogP contribution is -2.35. The molecule has 4 heterocycles. The lowest BCUT2D eigenvalue weighted by atomic mass is 10.1. The lowest BCUT2D eigenvalue weighted by molar-refractivity contribution is 0.145. The first-order valence-electron chi connectivity index (χ1n) is 9.77. The zero-order valence-corrected chi connectivity index (χ0v) is 16.6. The Morgan fingerprint density at radius 1 is 1.14 bits per heavy atom. The van der Waals surface area contributed by atoms with Crippen molar-refractivity contribution in [1.29, 1.82) is 0 Å². The molecule has 0 unspecified atom stereocenters. The van der Waals surface area contributed by atoms with Crippen molar-refractivity contribution in [3.63, 3.8) is 0 Å². The minimum atomic E-state index is -0.196. The lowest BCUT2D eigenvalue weighted by Gasteiger charge is -2.31. The minimum absolute atomic E-state index is 0.0442. The van der Waals surface area contributed by atoms with Gasteiger partial charge in [-0.2, -0.15) is 5.10 Å². The van der Waals surface area contributed by atoms with Gasteiger partial charge in [0.15, 0.2) is 5.82 Å². The van der Waals surface area contributed by atoms with Crippen LogP contribution >= 0.6 is 0 Å². The van der Waals surface area contributed by atoms with E-state index in [-0.39, 0.29) is 12.1 Å². The van der Waals surface area contributed by atoms with E-state index in [4.69, 9.17) is 0 Å². The quantitative estimate of drug-likeness (QED) is 0.721. The third-order valence-electron chi connectivity index (χ3n) is 5.47. The topological polar surface area (TPSA) is 87.1 Å². The van der Waals surface area contributed by atoms with Gasteiger partial charge in [-0.1, -0.05) is 6.07 Å². The van der Waals surface area contributed by atoms with Crippen LogP contribution in [0.3, 0.4) is 0 Å². The van der Waals surface area contributed by atoms with Gasteiger partial charge >= 0.3 is 0 Å². The summed E-state index contributed by atoms with van der Waals surface area (Å²) < 4.78 is 0. The molecule has 3 aromatic heterocycles. The number of rotatable bonds is 4. The average Bonchev–Trinajstić information content (AvgIpc) is 2.71. The highest BCUT2D eigenvalue weighted by Crippen LogP contribution is 2.30. The number of fused-ring (bicyclic) bond motifs is 1. The van der Waals surface area contributed by atoms with Crippen molar-refractivity contribution in [1.82, 2.24) is 20.2 Å². The van der Waals surface area contributed by atoms with Crippen LogP contribution in [0.5, 0.6) is 0 Å². The first kappa shape index (κ1) is 18.6. The fourth-order valence-electron chi connectivity index (χ4n) is 3.79. The number of pyridine rings is 2. The Morgan fingerprint density at radius 2 is 1.93 bits per heavy atom. The molecule has 1 aliphatic rings. The van der Waals surface area contributed by atoms with Crippen LogP contribution in [0.2, 0.25) is 0 Å². The number of anilines is 2. The molecular weight excluding hydrogens is 352 g/mol. The van der Waals surface area contributed by atoms with Crippen LogP contribution in [0, 0.1) is 13.8 Å². The van der Waals surface area contributed by atoms with Crippen LogP contribution in [-0.2, 0) is 0 Å². The van der Waals surface area contributed by atoms with E-state index in [2.05, 4.69) is 49.4 Å². The smallest absolute Gasteiger partial charge is 0.158 e. The van der Waals surface area contributed by atoms with E-state index in [0.717, 1.165) is 65.3 Å². The van der Waals surface area contributed by atoms with Crippen LogP contribution in [0.1, 0.15) is 42.8 Å². The number of aryl methyl sites for hydroxylation is 2. The Morgan fingerprint density at radius 3 is 2.68 bits per heavy atom. The third-order valence-corrected chi connectivity index (χ3v) is 5.47. The molecule has 1 fully saturated rings. The highest BCUT2D eigenvalue weighted by molar-refractivity contribution is 5.92. The number of nitrogens with one attached hydrogen (secondary N) is 1. The maximum Gasteiger partial charge on any atom is 0.158 e. The van der Waals surface area contributed by atoms with E-state index < -0.39 is 0 Å². The van der Waals surface area contributed by atoms with E-state index >= 15 is 0 Å². The molecule has 7 heteroatoms. The number of aliphatic hydroxyl groups excluding tert-OH is 1. The molecule has 7 nitrogen and oxygen atoms in total. The second-order valence-electron chi connectivity index (χ2n) is 7.49. The molecule has 1 aliphatic heterocycles. The Kier molecular flexibility index (Phi) is 5.09. The summed E-state index contributed by atoms with van der Waals surface area (Å²) >= 11 is 0. The van der Waals surface area contributed by atoms with Crippen molar-refractivity contribution in [2.24, 2.45) is 0 Å². The average molecular weight is 378 g/mol. The van der Waals surface area contributed by atoms with Crippen LogP contribution in [0.4, 0.5) is 11.5 Å². The van der Waals surface area contributed by atoms with Crippen LogP contribution in [0.25, 0.3) is 10.9 Å². The largest absolute Gasteiger partial charge is 0.393 e. The predicted molar refractivity (Wildman–Crippen MR) is 111 cm³/mol. The molecule has 4 rings (SSSR count). The molecule has 1 atom stereocenters. The molecule has 28 heavy (non-hydrogen) atoms. The summed E-state index contributed by atoms with van der Waals surface area (Å²) in [4.78, 5) is 11.3. The first-order chi connectivity index (χ1) is 13.5. The number of aromatic nitrogens is 4. The van der Waals surface area contributed by atoms with Gasteiger partial charge in [-0.25, -0.2) is 0 Å². The van der Waals surface area contributed by atoms with Gasteiger partial charge in [0, 0.05) is 30.4 Å². The molecule has 0 bridgehead atoms. The summed E-state index contributed by atoms with van der Waals surface area (Å²) in [6.07, 6.45) is 5.08. The maximum atomic E-state index is 9.78. The predicted octanol–water partition coefficient (Wildman–Crippen LogP) is 3.17. The van der Waals surface area contributed by atoms with Gasteiger partial charge in [0.2, 0.25) is 0 Å². The van der Waals surface area contributed by atoms with Gasteiger partial charge in [-0.3, -0.25) is 9.97 Å². The van der Waals surface area contributed by atoms with E-state index in [1.165, 1.54) is 0 Å². The van der Waals surface area contributed by atoms with Crippen molar-refractivity contribution in [3.8, 4) is 0 Å². The SMILES string of the molecule is Cc1ncccc1[C@@H](C)Nc1nnc(C)c2ncc(N3CCC(O)CC3)cc12. The Labute approximate surface area is 164 Å². The van der Waals surface area contributed by atoms with Crippen molar-refractivity contribution in [2.75, 3.05) is 23.3 Å². The first-order valence-corrected chi connectivity index (χ1v) is 9.77. The third kappa shape index (κ3) is 3.62. The molecule has 0 saturated carbocycles. The molecule has 1 saturated heterocycles. The summed E-state index contributed by atoms with van der Waals surface area (Å²) in [5.41, 5.74) is 4.85. The molecule has 0 amide bonds. The molecular formula is C21H26N6O. The molecule has 2 N–H and O–H groups in total. The molecule has 0 aromatic carbocycles. The summed E-state index contributed by atoms with van der Waals surface area (Å²) in [5, 5.41) is 22.9. The van der Waals surface area contributed by atoms with Crippen molar-refractivity contribution in [2.45, 2.75) is 45.8 Å². The second-order valence-corrected chi connectivity index (χ2v) is 7.49. The highest BCUT2D eigenvalue weighted by atomic mass is 16.3. The van der Waals surface area contributed by atoms with Crippen molar-refractivity contribution < 1.29 is 5.11 Å². The van der Waals surface area contributed by atoms with Gasteiger partial charge in [0.1, 0.15) is 0 Å². The van der Waals surface area contributed by atoms with Gasteiger partial charge in [0.25, 0.3) is 0 Å². The Bertz CT molecular complexity index is 984. The monoisotopic (exact) mass is 378 g/mol. The Balaban J connectivity index is 1.68. The van der Waals surface area contributed by atoms with Crippen LogP contribution in [-0.4, -0.2) is 44.5 Å². The molecule has 3 aromatic rings. The molecule has 0 spiro atoms. The van der Waals surface area contributed by atoms with E-state index in [1.807, 2.05) is 26.1 Å². The number of hydrogen-bond acceptors (Lipinski definition) is 7. The summed E-state index contributed by atoms with van der Waals surface area (Å²) in [6, 6.07) is 6.20. The van der Waals surface area contributed by atoms with Gasteiger partial charge in [0.05, 0.1) is 35.2 Å². The van der Waals surface area contributed by atoms with Crippen LogP contribution < -0.4 is 10.2 Å². The minimum Gasteiger partial charge on any atom is -0.393 e. The van der Waals surface area contributed by atoms with Gasteiger partial charge < -0.3 is 15.3 Å². The maximum absolute atomic E-state index is 9.78. The van der Waals surface area contributed by atoms with Crippen molar-refractivity contribution in [3.05, 3.63) is 47.5 Å². The number of hydrogen-bond donors (Lipinski definition) is 2. The molecule has 0 aliphatic carbocycles. The Hall–Kier alpha value is -2.80. The van der Waals surface area contributed by atoms with E-state index in [1.54, 1.807) is 6.20 Å². The van der Waals surface area contributed by atoms with Crippen molar-refractivity contribution >= 4 is 22.4 Å². The summed E-state index contributed by atoms with van der Waals surface area (Å²) in [5.74, 6) is 0.725. The summed E-state index contributed by atoms with van der Waals surface area (Å²) in [7, 11) is 0. The van der Waals surface area contributed by atoms with Crippen LogP contribution in [0.15, 0.2) is 30.6 Å². The van der Waals surface area contributed by atoms with E-state index in [9.17, 15) is 5.11 Å². The summed E-state index contributed by atoms with van der Waals surface area (Å²) in [6.45, 7) is 7.70. The number of nitrogens with zero attached hydrogens (tertiary/aromatic N) is 5. The molecule has 0 radical (unpaired) electrons. The second kappa shape index (κ2) is 7.67. The zero-order chi connectivity index (χ0) is 19.7. The fraction of sp³-hybridized carbons (Fsp3) is 0.429. The zero-order valence-electron chi connectivity index (χ0n) is 16.6. The van der Waals surface area contributed by atoms with E-state index in [0.29, 0.717) is 0 Å². The fourth-order valence-corrected chi connectivity index (χ4v) is 3.79. The highest BCUT2D eigenvalue weighted by Gasteiger charge is 2.19. The van der Waals surface area contributed by atoms with Gasteiger partial charge in [-0.05, 0) is 51.3 Å². The molecule has 146 valence electrons.